The Morgan fingerprint density at radius 2 is 1.88 bits per heavy atom. The molecule has 0 amide bonds. The quantitative estimate of drug-likeness (QED) is 0.299. The van der Waals surface area contributed by atoms with Crippen molar-refractivity contribution in [3.8, 4) is 11.5 Å². The van der Waals surface area contributed by atoms with Gasteiger partial charge in [0.05, 0.1) is 22.7 Å². The van der Waals surface area contributed by atoms with Crippen LogP contribution >= 0.6 is 11.6 Å². The van der Waals surface area contributed by atoms with Crippen molar-refractivity contribution in [3.05, 3.63) is 88.2 Å². The van der Waals surface area contributed by atoms with Crippen LogP contribution < -0.4 is 14.8 Å². The smallest absolute Gasteiger partial charge is 0.180 e. The molecule has 5 nitrogen and oxygen atoms in total. The Morgan fingerprint density at radius 3 is 2.69 bits per heavy atom. The summed E-state index contributed by atoms with van der Waals surface area (Å²) in [7, 11) is 0. The van der Waals surface area contributed by atoms with Gasteiger partial charge in [-0.25, -0.2) is 4.98 Å². The molecule has 0 atom stereocenters. The summed E-state index contributed by atoms with van der Waals surface area (Å²) >= 11 is 6.57. The fourth-order valence-corrected chi connectivity index (χ4v) is 3.94. The Morgan fingerprint density at radius 1 is 1.00 bits per heavy atom. The first-order chi connectivity index (χ1) is 15.6. The largest absolute Gasteiger partial charge is 0.490 e. The van der Waals surface area contributed by atoms with Crippen molar-refractivity contribution in [1.82, 2.24) is 15.3 Å². The summed E-state index contributed by atoms with van der Waals surface area (Å²) < 4.78 is 11.9. The Balaban J connectivity index is 1.37. The molecule has 1 heterocycles. The van der Waals surface area contributed by atoms with Gasteiger partial charge in [-0.1, -0.05) is 53.6 Å². The number of fused-ring (bicyclic) bond motifs is 1. The third-order valence-electron chi connectivity index (χ3n) is 5.14. The number of hydrogen-bond acceptors (Lipinski definition) is 4. The molecule has 4 aromatic rings. The molecule has 0 saturated heterocycles. The average molecular weight is 450 g/mol. The van der Waals surface area contributed by atoms with E-state index < -0.39 is 0 Å². The Hall–Kier alpha value is -3.02. The molecule has 0 spiro atoms. The van der Waals surface area contributed by atoms with E-state index in [1.54, 1.807) is 0 Å². The number of imidazole rings is 1. The molecule has 0 aliphatic heterocycles. The highest BCUT2D eigenvalue weighted by atomic mass is 35.5. The van der Waals surface area contributed by atoms with Crippen LogP contribution in [0.1, 0.15) is 29.4 Å². The standard InChI is InChI=1S/C26H28ClN3O2/c1-3-31-24-15-20(14-21(27)26(24)32-17-19-8-6-7-18(2)13-19)16-28-12-11-25-29-22-9-4-5-10-23(22)30-25/h4-10,13-15,28H,3,11-12,16-17H2,1-2H3,(H,29,30). The van der Waals surface area contributed by atoms with Crippen molar-refractivity contribution in [3.63, 3.8) is 0 Å². The molecule has 0 bridgehead atoms. The maximum absolute atomic E-state index is 6.57. The highest BCUT2D eigenvalue weighted by molar-refractivity contribution is 6.32. The summed E-state index contributed by atoms with van der Waals surface area (Å²) in [4.78, 5) is 7.98. The number of aromatic amines is 1. The fraction of sp³-hybridized carbons (Fsp3) is 0.269. The van der Waals surface area contributed by atoms with E-state index in [1.807, 2.05) is 55.5 Å². The summed E-state index contributed by atoms with van der Waals surface area (Å²) in [6.45, 7) is 6.48. The predicted molar refractivity (Wildman–Crippen MR) is 130 cm³/mol. The monoisotopic (exact) mass is 449 g/mol. The third kappa shape index (κ3) is 5.61. The number of para-hydroxylation sites is 2. The molecule has 166 valence electrons. The van der Waals surface area contributed by atoms with E-state index in [9.17, 15) is 0 Å². The molecule has 0 aliphatic rings. The van der Waals surface area contributed by atoms with Crippen LogP contribution in [0.2, 0.25) is 5.02 Å². The van der Waals surface area contributed by atoms with Crippen LogP contribution in [-0.4, -0.2) is 23.1 Å². The number of aromatic nitrogens is 2. The summed E-state index contributed by atoms with van der Waals surface area (Å²) in [5.41, 5.74) is 5.41. The average Bonchev–Trinajstić information content (AvgIpc) is 3.19. The molecule has 3 aromatic carbocycles. The Bertz CT molecular complexity index is 1160. The number of nitrogens with one attached hydrogen (secondary N) is 2. The van der Waals surface area contributed by atoms with Crippen molar-refractivity contribution >= 4 is 22.6 Å². The van der Waals surface area contributed by atoms with Crippen LogP contribution in [0.25, 0.3) is 11.0 Å². The maximum Gasteiger partial charge on any atom is 0.180 e. The van der Waals surface area contributed by atoms with Gasteiger partial charge < -0.3 is 19.8 Å². The third-order valence-corrected chi connectivity index (χ3v) is 5.42. The SMILES string of the molecule is CCOc1cc(CNCCc2nc3ccccc3[nH]2)cc(Cl)c1OCc1cccc(C)c1. The molecule has 6 heteroatoms. The van der Waals surface area contributed by atoms with Crippen LogP contribution in [0, 0.1) is 6.92 Å². The Kier molecular flexibility index (Phi) is 7.30. The molecule has 4 rings (SSSR count). The number of benzene rings is 3. The van der Waals surface area contributed by atoms with Crippen LogP contribution in [-0.2, 0) is 19.6 Å². The molecule has 0 aliphatic carbocycles. The van der Waals surface area contributed by atoms with Gasteiger partial charge in [-0.05, 0) is 49.2 Å². The minimum absolute atomic E-state index is 0.441. The van der Waals surface area contributed by atoms with Gasteiger partial charge in [0.1, 0.15) is 12.4 Å². The Labute approximate surface area is 193 Å². The zero-order valence-electron chi connectivity index (χ0n) is 18.5. The highest BCUT2D eigenvalue weighted by Crippen LogP contribution is 2.37. The van der Waals surface area contributed by atoms with Gasteiger partial charge in [-0.2, -0.15) is 0 Å². The molecule has 1 aromatic heterocycles. The molecule has 32 heavy (non-hydrogen) atoms. The van der Waals surface area contributed by atoms with Crippen molar-refractivity contribution in [2.75, 3.05) is 13.2 Å². The van der Waals surface area contributed by atoms with Gasteiger partial charge in [0.2, 0.25) is 0 Å². The van der Waals surface area contributed by atoms with E-state index in [0.717, 1.165) is 41.0 Å². The lowest BCUT2D eigenvalue weighted by molar-refractivity contribution is 0.269. The van der Waals surface area contributed by atoms with Crippen molar-refractivity contribution in [1.29, 1.82) is 0 Å². The number of aryl methyl sites for hydroxylation is 1. The second-order valence-corrected chi connectivity index (χ2v) is 8.15. The molecule has 0 radical (unpaired) electrons. The van der Waals surface area contributed by atoms with E-state index >= 15 is 0 Å². The first-order valence-corrected chi connectivity index (χ1v) is 11.3. The molecule has 2 N–H and O–H groups in total. The topological polar surface area (TPSA) is 59.2 Å². The molecule has 0 saturated carbocycles. The fourth-order valence-electron chi connectivity index (χ4n) is 3.65. The molecular weight excluding hydrogens is 422 g/mol. The number of H-pyrrole nitrogens is 1. The first kappa shape index (κ1) is 22.2. The summed E-state index contributed by atoms with van der Waals surface area (Å²) in [6.07, 6.45) is 0.818. The number of halogens is 1. The van der Waals surface area contributed by atoms with E-state index in [4.69, 9.17) is 21.1 Å². The molecule has 0 unspecified atom stereocenters. The van der Waals surface area contributed by atoms with Gasteiger partial charge >= 0.3 is 0 Å². The lowest BCUT2D eigenvalue weighted by Crippen LogP contribution is -2.17. The van der Waals surface area contributed by atoms with Crippen molar-refractivity contribution in [2.45, 2.75) is 33.4 Å². The molecule has 0 fully saturated rings. The van der Waals surface area contributed by atoms with E-state index in [0.29, 0.717) is 36.3 Å². The van der Waals surface area contributed by atoms with Crippen LogP contribution in [0.3, 0.4) is 0 Å². The second-order valence-electron chi connectivity index (χ2n) is 7.74. The first-order valence-electron chi connectivity index (χ1n) is 10.9. The van der Waals surface area contributed by atoms with Gasteiger partial charge in [-0.15, -0.1) is 0 Å². The number of rotatable bonds is 10. The predicted octanol–water partition coefficient (Wildman–Crippen LogP) is 5.83. The van der Waals surface area contributed by atoms with Crippen LogP contribution in [0.4, 0.5) is 0 Å². The highest BCUT2D eigenvalue weighted by Gasteiger charge is 2.13. The number of nitrogens with zero attached hydrogens (tertiary/aromatic N) is 1. The number of hydrogen-bond donors (Lipinski definition) is 2. The van der Waals surface area contributed by atoms with Gasteiger partial charge in [-0.3, -0.25) is 0 Å². The van der Waals surface area contributed by atoms with Crippen LogP contribution in [0.15, 0.2) is 60.7 Å². The summed E-state index contributed by atoms with van der Waals surface area (Å²) in [6, 6.07) is 20.2. The van der Waals surface area contributed by atoms with E-state index in [1.165, 1.54) is 5.56 Å². The normalized spacial score (nSPS) is 11.1. The minimum Gasteiger partial charge on any atom is -0.490 e. The van der Waals surface area contributed by atoms with Crippen molar-refractivity contribution in [2.24, 2.45) is 0 Å². The number of ether oxygens (including phenoxy) is 2. The van der Waals surface area contributed by atoms with Gasteiger partial charge in [0, 0.05) is 19.5 Å². The van der Waals surface area contributed by atoms with E-state index in [-0.39, 0.29) is 0 Å². The lowest BCUT2D eigenvalue weighted by atomic mass is 10.1. The second kappa shape index (κ2) is 10.5. The van der Waals surface area contributed by atoms with E-state index in [2.05, 4.69) is 34.3 Å². The van der Waals surface area contributed by atoms with Crippen LogP contribution in [0.5, 0.6) is 11.5 Å². The maximum atomic E-state index is 6.57. The minimum atomic E-state index is 0.441. The summed E-state index contributed by atoms with van der Waals surface area (Å²) in [5, 5.41) is 4.01. The van der Waals surface area contributed by atoms with Gasteiger partial charge in [0.25, 0.3) is 0 Å². The lowest BCUT2D eigenvalue weighted by Gasteiger charge is -2.16. The zero-order chi connectivity index (χ0) is 22.3. The molecular formula is C26H28ClN3O2. The van der Waals surface area contributed by atoms with Gasteiger partial charge in [0.15, 0.2) is 11.5 Å². The van der Waals surface area contributed by atoms with Crippen molar-refractivity contribution < 1.29 is 9.47 Å². The summed E-state index contributed by atoms with van der Waals surface area (Å²) in [5.74, 6) is 2.23. The zero-order valence-corrected chi connectivity index (χ0v) is 19.2.